The molecule has 2 aromatic rings. The monoisotopic (exact) mass is 254 g/mol. The van der Waals surface area contributed by atoms with Crippen molar-refractivity contribution in [2.24, 2.45) is 5.84 Å². The van der Waals surface area contributed by atoms with Gasteiger partial charge in [-0.1, -0.05) is 42.0 Å². The highest BCUT2D eigenvalue weighted by molar-refractivity contribution is 5.45. The molecule has 19 heavy (non-hydrogen) atoms. The molecule has 1 atom stereocenters. The van der Waals surface area contributed by atoms with Crippen molar-refractivity contribution in [3.8, 4) is 0 Å². The molecule has 0 saturated carbocycles. The third-order valence-corrected chi connectivity index (χ3v) is 3.69. The summed E-state index contributed by atoms with van der Waals surface area (Å²) < 4.78 is 0. The van der Waals surface area contributed by atoms with E-state index in [1.54, 1.807) is 0 Å². The van der Waals surface area contributed by atoms with Crippen molar-refractivity contribution < 1.29 is 0 Å². The van der Waals surface area contributed by atoms with Gasteiger partial charge < -0.3 is 0 Å². The second-order valence-electron chi connectivity index (χ2n) is 5.27. The average Bonchev–Trinajstić information content (AvgIpc) is 2.34. The number of nitrogens with one attached hydrogen (secondary N) is 1. The first-order valence-corrected chi connectivity index (χ1v) is 6.64. The van der Waals surface area contributed by atoms with E-state index in [1.807, 2.05) is 0 Å². The Bertz CT molecular complexity index is 565. The molecule has 0 aliphatic heterocycles. The van der Waals surface area contributed by atoms with Crippen molar-refractivity contribution in [2.75, 3.05) is 0 Å². The smallest absolute Gasteiger partial charge is 0.0717 e. The Hall–Kier alpha value is -1.64. The van der Waals surface area contributed by atoms with E-state index >= 15 is 0 Å². The summed E-state index contributed by atoms with van der Waals surface area (Å²) >= 11 is 0. The van der Waals surface area contributed by atoms with E-state index in [4.69, 9.17) is 5.84 Å². The Morgan fingerprint density at radius 3 is 2.00 bits per heavy atom. The summed E-state index contributed by atoms with van der Waals surface area (Å²) in [5.74, 6) is 5.83. The van der Waals surface area contributed by atoms with Crippen LogP contribution in [0.25, 0.3) is 0 Å². The maximum absolute atomic E-state index is 5.83. The number of aryl methyl sites for hydroxylation is 4. The van der Waals surface area contributed by atoms with E-state index < -0.39 is 0 Å². The minimum atomic E-state index is 0.0433. The molecule has 0 saturated heterocycles. The summed E-state index contributed by atoms with van der Waals surface area (Å²) in [6, 6.07) is 12.8. The Kier molecular flexibility index (Phi) is 4.03. The maximum Gasteiger partial charge on any atom is 0.0717 e. The molecule has 2 heteroatoms. The fraction of sp³-hybridized carbons (Fsp3) is 0.294. The van der Waals surface area contributed by atoms with E-state index in [9.17, 15) is 0 Å². The van der Waals surface area contributed by atoms with Crippen LogP contribution in [0.5, 0.6) is 0 Å². The van der Waals surface area contributed by atoms with Gasteiger partial charge in [0, 0.05) is 0 Å². The molecule has 2 nitrogen and oxygen atoms in total. The van der Waals surface area contributed by atoms with Gasteiger partial charge in [0.05, 0.1) is 6.04 Å². The molecule has 0 spiro atoms. The summed E-state index contributed by atoms with van der Waals surface area (Å²) in [7, 11) is 0. The normalized spacial score (nSPS) is 12.5. The van der Waals surface area contributed by atoms with Crippen LogP contribution in [-0.2, 0) is 0 Å². The second kappa shape index (κ2) is 5.55. The zero-order valence-corrected chi connectivity index (χ0v) is 12.1. The SMILES string of the molecule is Cc1cc(C)c(C(NN)c2ccccc2C)c(C)c1. The lowest BCUT2D eigenvalue weighted by Crippen LogP contribution is -2.30. The van der Waals surface area contributed by atoms with E-state index in [0.29, 0.717) is 0 Å². The van der Waals surface area contributed by atoms with E-state index in [1.165, 1.54) is 33.4 Å². The lowest BCUT2D eigenvalue weighted by atomic mass is 9.88. The molecule has 0 aliphatic rings. The maximum atomic E-state index is 5.83. The summed E-state index contributed by atoms with van der Waals surface area (Å²) in [4.78, 5) is 0. The van der Waals surface area contributed by atoms with Crippen LogP contribution in [0.4, 0.5) is 0 Å². The molecule has 100 valence electrons. The molecule has 0 aromatic heterocycles. The molecule has 0 fully saturated rings. The minimum absolute atomic E-state index is 0.0433. The summed E-state index contributed by atoms with van der Waals surface area (Å²) in [6.07, 6.45) is 0. The van der Waals surface area contributed by atoms with Crippen LogP contribution < -0.4 is 11.3 Å². The first kappa shape index (κ1) is 13.8. The van der Waals surface area contributed by atoms with Crippen LogP contribution in [0.15, 0.2) is 36.4 Å². The summed E-state index contributed by atoms with van der Waals surface area (Å²) in [5, 5.41) is 0. The molecule has 0 heterocycles. The van der Waals surface area contributed by atoms with E-state index in [-0.39, 0.29) is 6.04 Å². The molecule has 0 amide bonds. The number of nitrogens with two attached hydrogens (primary N) is 1. The first-order valence-electron chi connectivity index (χ1n) is 6.64. The molecule has 0 bridgehead atoms. The minimum Gasteiger partial charge on any atom is -0.271 e. The quantitative estimate of drug-likeness (QED) is 0.650. The van der Waals surface area contributed by atoms with Crippen molar-refractivity contribution in [3.05, 3.63) is 69.8 Å². The van der Waals surface area contributed by atoms with Crippen molar-refractivity contribution in [3.63, 3.8) is 0 Å². The largest absolute Gasteiger partial charge is 0.271 e. The van der Waals surface area contributed by atoms with Gasteiger partial charge >= 0.3 is 0 Å². The average molecular weight is 254 g/mol. The number of hydrogen-bond donors (Lipinski definition) is 2. The standard InChI is InChI=1S/C17H22N2/c1-11-9-13(3)16(14(4)10-11)17(19-18)15-8-6-5-7-12(15)2/h5-10,17,19H,18H2,1-4H3. The molecule has 2 rings (SSSR count). The highest BCUT2D eigenvalue weighted by atomic mass is 15.2. The lowest BCUT2D eigenvalue weighted by Gasteiger charge is -2.23. The third-order valence-electron chi connectivity index (χ3n) is 3.69. The molecule has 3 N–H and O–H groups in total. The van der Waals surface area contributed by atoms with Crippen LogP contribution in [0.3, 0.4) is 0 Å². The number of hydrazine groups is 1. The van der Waals surface area contributed by atoms with Gasteiger partial charge in [0.25, 0.3) is 0 Å². The van der Waals surface area contributed by atoms with Crippen LogP contribution in [-0.4, -0.2) is 0 Å². The van der Waals surface area contributed by atoms with Gasteiger partial charge in [-0.3, -0.25) is 5.84 Å². The Balaban J connectivity index is 2.58. The van der Waals surface area contributed by atoms with Gasteiger partial charge in [-0.25, -0.2) is 5.43 Å². The zero-order valence-electron chi connectivity index (χ0n) is 12.1. The fourth-order valence-corrected chi connectivity index (χ4v) is 2.89. The van der Waals surface area contributed by atoms with Gasteiger partial charge in [-0.2, -0.15) is 0 Å². The highest BCUT2D eigenvalue weighted by Crippen LogP contribution is 2.29. The van der Waals surface area contributed by atoms with Crippen LogP contribution >= 0.6 is 0 Å². The Morgan fingerprint density at radius 2 is 1.47 bits per heavy atom. The fourth-order valence-electron chi connectivity index (χ4n) is 2.89. The predicted octanol–water partition coefficient (Wildman–Crippen LogP) is 3.47. The molecule has 2 aromatic carbocycles. The molecular formula is C17H22N2. The van der Waals surface area contributed by atoms with Crippen LogP contribution in [0.1, 0.15) is 39.4 Å². The first-order chi connectivity index (χ1) is 9.04. The van der Waals surface area contributed by atoms with Crippen molar-refractivity contribution >= 4 is 0 Å². The topological polar surface area (TPSA) is 38.0 Å². The Morgan fingerprint density at radius 1 is 0.895 bits per heavy atom. The van der Waals surface area contributed by atoms with Crippen LogP contribution in [0, 0.1) is 27.7 Å². The lowest BCUT2D eigenvalue weighted by molar-refractivity contribution is 0.627. The number of hydrogen-bond acceptors (Lipinski definition) is 2. The second-order valence-corrected chi connectivity index (χ2v) is 5.27. The molecule has 0 aliphatic carbocycles. The number of rotatable bonds is 3. The van der Waals surface area contributed by atoms with E-state index in [0.717, 1.165) is 0 Å². The van der Waals surface area contributed by atoms with Crippen molar-refractivity contribution in [2.45, 2.75) is 33.7 Å². The van der Waals surface area contributed by atoms with Gasteiger partial charge in [0.2, 0.25) is 0 Å². The van der Waals surface area contributed by atoms with Crippen molar-refractivity contribution in [1.29, 1.82) is 0 Å². The molecule has 1 unspecified atom stereocenters. The van der Waals surface area contributed by atoms with Crippen LogP contribution in [0.2, 0.25) is 0 Å². The predicted molar refractivity (Wildman–Crippen MR) is 81.0 cm³/mol. The van der Waals surface area contributed by atoms with Gasteiger partial charge in [0.1, 0.15) is 0 Å². The highest BCUT2D eigenvalue weighted by Gasteiger charge is 2.18. The number of benzene rings is 2. The molecule has 0 radical (unpaired) electrons. The summed E-state index contributed by atoms with van der Waals surface area (Å²) in [6.45, 7) is 8.55. The van der Waals surface area contributed by atoms with Gasteiger partial charge in [-0.05, 0) is 55.5 Å². The van der Waals surface area contributed by atoms with Crippen molar-refractivity contribution in [1.82, 2.24) is 5.43 Å². The molecular weight excluding hydrogens is 232 g/mol. The van der Waals surface area contributed by atoms with Gasteiger partial charge in [0.15, 0.2) is 0 Å². The third kappa shape index (κ3) is 2.70. The zero-order chi connectivity index (χ0) is 14.0. The summed E-state index contributed by atoms with van der Waals surface area (Å²) in [5.41, 5.74) is 10.6. The Labute approximate surface area is 115 Å². The van der Waals surface area contributed by atoms with Gasteiger partial charge in [-0.15, -0.1) is 0 Å². The van der Waals surface area contributed by atoms with E-state index in [2.05, 4.69) is 69.5 Å².